The van der Waals surface area contributed by atoms with Gasteiger partial charge >= 0.3 is 0 Å². The van der Waals surface area contributed by atoms with E-state index in [1.807, 2.05) is 6.92 Å². The van der Waals surface area contributed by atoms with E-state index in [4.69, 9.17) is 4.84 Å². The molecular weight excluding hydrogens is 166 g/mol. The summed E-state index contributed by atoms with van der Waals surface area (Å²) in [5.74, 6) is 0. The summed E-state index contributed by atoms with van der Waals surface area (Å²) >= 11 is 0. The Morgan fingerprint density at radius 3 is 2.23 bits per heavy atom. The van der Waals surface area contributed by atoms with Gasteiger partial charge in [0.1, 0.15) is 13.2 Å². The van der Waals surface area contributed by atoms with Crippen molar-refractivity contribution in [1.82, 2.24) is 0 Å². The highest BCUT2D eigenvalue weighted by atomic mass is 16.9. The molecule has 1 atom stereocenters. The minimum absolute atomic E-state index is 0.0435. The van der Waals surface area contributed by atoms with Crippen LogP contribution in [0, 0.1) is 5.21 Å². The van der Waals surface area contributed by atoms with Crippen LogP contribution in [0.2, 0.25) is 0 Å². The number of quaternary nitrogens is 1. The molecule has 80 valence electrons. The summed E-state index contributed by atoms with van der Waals surface area (Å²) in [6.45, 7) is 5.16. The van der Waals surface area contributed by atoms with Crippen molar-refractivity contribution in [3.05, 3.63) is 5.21 Å². The molecule has 0 aliphatic heterocycles. The second-order valence-corrected chi connectivity index (χ2v) is 3.32. The van der Waals surface area contributed by atoms with E-state index in [9.17, 15) is 5.21 Å². The Morgan fingerprint density at radius 2 is 1.62 bits per heavy atom. The number of unbranched alkanes of at least 4 members (excludes halogenated alkanes) is 5. The third-order valence-electron chi connectivity index (χ3n) is 2.04. The summed E-state index contributed by atoms with van der Waals surface area (Å²) in [6, 6.07) is 0. The van der Waals surface area contributed by atoms with E-state index in [1.165, 1.54) is 32.1 Å². The van der Waals surface area contributed by atoms with Gasteiger partial charge in [0.05, 0.1) is 0 Å². The SMILES string of the molecule is CCCCCCCC[NH+]([O-])OCC. The Hall–Kier alpha value is -0.120. The lowest BCUT2D eigenvalue weighted by Gasteiger charge is -2.18. The minimum Gasteiger partial charge on any atom is -0.600 e. The van der Waals surface area contributed by atoms with Crippen LogP contribution < -0.4 is 5.23 Å². The van der Waals surface area contributed by atoms with Gasteiger partial charge in [0, 0.05) is 0 Å². The Bertz CT molecular complexity index is 98.9. The molecule has 0 aromatic rings. The Balaban J connectivity index is 2.97. The molecule has 0 bridgehead atoms. The van der Waals surface area contributed by atoms with E-state index >= 15 is 0 Å². The van der Waals surface area contributed by atoms with Gasteiger partial charge in [-0.25, -0.2) is 10.1 Å². The maximum atomic E-state index is 10.9. The number of hydroxylamine groups is 2. The summed E-state index contributed by atoms with van der Waals surface area (Å²) in [6.07, 6.45) is 7.31. The molecule has 0 rings (SSSR count). The Morgan fingerprint density at radius 1 is 1.00 bits per heavy atom. The molecule has 1 unspecified atom stereocenters. The van der Waals surface area contributed by atoms with Gasteiger partial charge in [0.15, 0.2) is 0 Å². The maximum absolute atomic E-state index is 10.9. The van der Waals surface area contributed by atoms with Crippen molar-refractivity contribution < 1.29 is 10.1 Å². The summed E-state index contributed by atoms with van der Waals surface area (Å²) < 4.78 is 0. The first kappa shape index (κ1) is 12.9. The van der Waals surface area contributed by atoms with Crippen LogP contribution in [0.15, 0.2) is 0 Å². The zero-order chi connectivity index (χ0) is 9.94. The predicted molar refractivity (Wildman–Crippen MR) is 54.2 cm³/mol. The van der Waals surface area contributed by atoms with Gasteiger partial charge in [-0.15, -0.1) is 0 Å². The van der Waals surface area contributed by atoms with Crippen LogP contribution in [0.25, 0.3) is 0 Å². The molecule has 0 saturated heterocycles. The van der Waals surface area contributed by atoms with E-state index in [0.29, 0.717) is 13.2 Å². The molecule has 0 aliphatic carbocycles. The standard InChI is InChI=1S/C10H23NO2/c1-3-5-6-7-8-9-10-11(12)13-4-2/h11H,3-10H2,1-2H3. The second-order valence-electron chi connectivity index (χ2n) is 3.32. The van der Waals surface area contributed by atoms with E-state index in [1.54, 1.807) is 0 Å². The summed E-state index contributed by atoms with van der Waals surface area (Å²) in [5.41, 5.74) is 0. The molecule has 0 aromatic heterocycles. The first-order valence-electron chi connectivity index (χ1n) is 5.46. The lowest BCUT2D eigenvalue weighted by molar-refractivity contribution is -1.05. The van der Waals surface area contributed by atoms with Gasteiger partial charge in [0.25, 0.3) is 0 Å². The molecule has 0 fully saturated rings. The van der Waals surface area contributed by atoms with E-state index in [0.717, 1.165) is 6.42 Å². The molecule has 1 N–H and O–H groups in total. The van der Waals surface area contributed by atoms with E-state index in [-0.39, 0.29) is 5.23 Å². The zero-order valence-electron chi connectivity index (χ0n) is 8.97. The number of rotatable bonds is 9. The first-order chi connectivity index (χ1) is 6.31. The third kappa shape index (κ3) is 9.80. The summed E-state index contributed by atoms with van der Waals surface area (Å²) in [5, 5.41) is 10.9. The van der Waals surface area contributed by atoms with Crippen molar-refractivity contribution in [2.75, 3.05) is 13.2 Å². The van der Waals surface area contributed by atoms with Crippen LogP contribution in [0.3, 0.4) is 0 Å². The molecule has 0 aliphatic rings. The first-order valence-corrected chi connectivity index (χ1v) is 5.46. The molecule has 3 heteroatoms. The highest BCUT2D eigenvalue weighted by molar-refractivity contribution is 4.42. The molecule has 0 saturated carbocycles. The normalized spacial score (nSPS) is 13.2. The van der Waals surface area contributed by atoms with Gasteiger partial charge in [-0.1, -0.05) is 32.6 Å². The largest absolute Gasteiger partial charge is 0.600 e. The van der Waals surface area contributed by atoms with Crippen molar-refractivity contribution in [2.24, 2.45) is 0 Å². The Labute approximate surface area is 81.6 Å². The minimum atomic E-state index is -0.0435. The lowest BCUT2D eigenvalue weighted by atomic mass is 10.1. The topological polar surface area (TPSA) is 36.7 Å². The molecular formula is C10H23NO2. The number of nitrogens with one attached hydrogen (secondary N) is 1. The van der Waals surface area contributed by atoms with Crippen molar-refractivity contribution in [2.45, 2.75) is 52.4 Å². The van der Waals surface area contributed by atoms with Crippen LogP contribution in [-0.2, 0) is 4.84 Å². The van der Waals surface area contributed by atoms with Crippen molar-refractivity contribution in [3.63, 3.8) is 0 Å². The summed E-state index contributed by atoms with van der Waals surface area (Å²) in [4.78, 5) is 4.83. The molecule has 0 spiro atoms. The number of hydrogen-bond acceptors (Lipinski definition) is 2. The molecule has 0 radical (unpaired) electrons. The van der Waals surface area contributed by atoms with Crippen LogP contribution in [0.4, 0.5) is 0 Å². The fourth-order valence-electron chi connectivity index (χ4n) is 1.28. The molecule has 0 heterocycles. The zero-order valence-corrected chi connectivity index (χ0v) is 8.97. The predicted octanol–water partition coefficient (Wildman–Crippen LogP) is 1.68. The quantitative estimate of drug-likeness (QED) is 0.442. The molecule has 0 amide bonds. The van der Waals surface area contributed by atoms with Gasteiger partial charge in [0.2, 0.25) is 0 Å². The maximum Gasteiger partial charge on any atom is 0.107 e. The van der Waals surface area contributed by atoms with Crippen LogP contribution >= 0.6 is 0 Å². The molecule has 3 nitrogen and oxygen atoms in total. The van der Waals surface area contributed by atoms with E-state index in [2.05, 4.69) is 6.92 Å². The van der Waals surface area contributed by atoms with Gasteiger partial charge in [-0.05, 0) is 19.8 Å². The summed E-state index contributed by atoms with van der Waals surface area (Å²) in [7, 11) is 0. The van der Waals surface area contributed by atoms with Gasteiger partial charge in [-0.3, -0.25) is 0 Å². The smallest absolute Gasteiger partial charge is 0.107 e. The Kier molecular flexibility index (Phi) is 9.87. The molecule has 0 aromatic carbocycles. The molecule has 13 heavy (non-hydrogen) atoms. The fraction of sp³-hybridized carbons (Fsp3) is 1.00. The highest BCUT2D eigenvalue weighted by Gasteiger charge is 1.96. The average molecular weight is 189 g/mol. The van der Waals surface area contributed by atoms with Crippen molar-refractivity contribution in [1.29, 1.82) is 0 Å². The van der Waals surface area contributed by atoms with Crippen molar-refractivity contribution in [3.8, 4) is 0 Å². The monoisotopic (exact) mass is 189 g/mol. The van der Waals surface area contributed by atoms with Gasteiger partial charge < -0.3 is 5.21 Å². The number of hydrogen-bond donors (Lipinski definition) is 1. The van der Waals surface area contributed by atoms with Gasteiger partial charge in [-0.2, -0.15) is 0 Å². The lowest BCUT2D eigenvalue weighted by Crippen LogP contribution is -3.06. The van der Waals surface area contributed by atoms with Crippen LogP contribution in [0.5, 0.6) is 0 Å². The third-order valence-corrected chi connectivity index (χ3v) is 2.04. The van der Waals surface area contributed by atoms with Crippen LogP contribution in [-0.4, -0.2) is 13.2 Å². The van der Waals surface area contributed by atoms with E-state index < -0.39 is 0 Å². The highest BCUT2D eigenvalue weighted by Crippen LogP contribution is 2.03. The van der Waals surface area contributed by atoms with Crippen LogP contribution in [0.1, 0.15) is 52.4 Å². The second kappa shape index (κ2) is 9.96. The van der Waals surface area contributed by atoms with Crippen molar-refractivity contribution >= 4 is 0 Å². The fourth-order valence-corrected chi connectivity index (χ4v) is 1.28. The average Bonchev–Trinajstić information content (AvgIpc) is 2.11.